The molecule has 1 N–H and O–H groups in total. The Morgan fingerprint density at radius 3 is 2.47 bits per heavy atom. The van der Waals surface area contributed by atoms with Gasteiger partial charge in [0.1, 0.15) is 0 Å². The standard InChI is InChI=1S/C24H20ClN3O6/c1-3-33-22-13-16(14-26-27-23(29)19-10-4-15(2)12-20(19)25)5-11-21(22)34-24(30)17-6-8-18(9-7-17)28(31)32/h4-14H,3H2,1-2H3,(H,27,29). The van der Waals surface area contributed by atoms with E-state index >= 15 is 0 Å². The summed E-state index contributed by atoms with van der Waals surface area (Å²) in [6, 6.07) is 14.9. The second-order valence-corrected chi connectivity index (χ2v) is 7.42. The molecule has 0 aliphatic rings. The van der Waals surface area contributed by atoms with Crippen LogP contribution >= 0.6 is 11.6 Å². The van der Waals surface area contributed by atoms with Crippen LogP contribution in [0.4, 0.5) is 5.69 Å². The molecule has 1 amide bonds. The summed E-state index contributed by atoms with van der Waals surface area (Å²) in [6.45, 7) is 3.95. The fraction of sp³-hybridized carbons (Fsp3) is 0.125. The number of hydrogen-bond donors (Lipinski definition) is 1. The van der Waals surface area contributed by atoms with Gasteiger partial charge in [0.05, 0.1) is 33.9 Å². The molecule has 9 nitrogen and oxygen atoms in total. The third kappa shape index (κ3) is 6.17. The van der Waals surface area contributed by atoms with Gasteiger partial charge in [0.2, 0.25) is 0 Å². The number of esters is 1. The number of nitrogens with one attached hydrogen (secondary N) is 1. The van der Waals surface area contributed by atoms with Gasteiger partial charge in [-0.25, -0.2) is 10.2 Å². The van der Waals surface area contributed by atoms with E-state index in [2.05, 4.69) is 10.5 Å². The number of aryl methyl sites for hydroxylation is 1. The molecule has 34 heavy (non-hydrogen) atoms. The fourth-order valence-corrected chi connectivity index (χ4v) is 3.19. The third-order valence-corrected chi connectivity index (χ3v) is 4.85. The summed E-state index contributed by atoms with van der Waals surface area (Å²) in [5.41, 5.74) is 4.24. The number of non-ortho nitro benzene ring substituents is 1. The van der Waals surface area contributed by atoms with Crippen LogP contribution in [0.15, 0.2) is 65.8 Å². The number of amides is 1. The Hall–Kier alpha value is -4.24. The predicted molar refractivity (Wildman–Crippen MR) is 127 cm³/mol. The molecule has 0 aromatic heterocycles. The maximum atomic E-state index is 12.4. The van der Waals surface area contributed by atoms with Crippen LogP contribution in [0.1, 0.15) is 38.8 Å². The highest BCUT2D eigenvalue weighted by atomic mass is 35.5. The molecular formula is C24H20ClN3O6. The van der Waals surface area contributed by atoms with Gasteiger partial charge in [0, 0.05) is 12.1 Å². The molecular weight excluding hydrogens is 462 g/mol. The van der Waals surface area contributed by atoms with Gasteiger partial charge < -0.3 is 9.47 Å². The summed E-state index contributed by atoms with van der Waals surface area (Å²) in [5.74, 6) is -0.702. The number of carbonyl (C=O) groups excluding carboxylic acids is 2. The molecule has 0 aliphatic heterocycles. The second-order valence-electron chi connectivity index (χ2n) is 7.02. The Morgan fingerprint density at radius 1 is 1.09 bits per heavy atom. The van der Waals surface area contributed by atoms with Crippen molar-refractivity contribution in [3.05, 3.63) is 98.1 Å². The Kier molecular flexibility index (Phi) is 7.94. The number of carbonyl (C=O) groups is 2. The third-order valence-electron chi connectivity index (χ3n) is 4.53. The summed E-state index contributed by atoms with van der Waals surface area (Å²) in [5, 5.41) is 15.0. The van der Waals surface area contributed by atoms with Crippen LogP contribution < -0.4 is 14.9 Å². The molecule has 0 atom stereocenters. The molecule has 0 fully saturated rings. The molecule has 3 rings (SSSR count). The molecule has 0 saturated carbocycles. The SMILES string of the molecule is CCOc1cc(C=NNC(=O)c2ccc(C)cc2Cl)ccc1OC(=O)c1ccc([N+](=O)[O-])cc1. The molecule has 0 bridgehead atoms. The largest absolute Gasteiger partial charge is 0.490 e. The Labute approximate surface area is 200 Å². The smallest absolute Gasteiger partial charge is 0.343 e. The highest BCUT2D eigenvalue weighted by Crippen LogP contribution is 2.29. The van der Waals surface area contributed by atoms with Gasteiger partial charge in [0.15, 0.2) is 11.5 Å². The van der Waals surface area contributed by atoms with Crippen molar-refractivity contribution in [3.63, 3.8) is 0 Å². The van der Waals surface area contributed by atoms with Crippen molar-refractivity contribution in [2.24, 2.45) is 5.10 Å². The lowest BCUT2D eigenvalue weighted by Crippen LogP contribution is -2.18. The molecule has 3 aromatic carbocycles. The quantitative estimate of drug-likeness (QED) is 0.160. The van der Waals surface area contributed by atoms with Gasteiger partial charge in [-0.05, 0) is 67.4 Å². The molecule has 0 heterocycles. The van der Waals surface area contributed by atoms with E-state index in [1.165, 1.54) is 36.5 Å². The Balaban J connectivity index is 1.71. The van der Waals surface area contributed by atoms with E-state index in [0.29, 0.717) is 22.8 Å². The zero-order valence-electron chi connectivity index (χ0n) is 18.3. The van der Waals surface area contributed by atoms with Gasteiger partial charge in [-0.15, -0.1) is 0 Å². The van der Waals surface area contributed by atoms with Gasteiger partial charge >= 0.3 is 5.97 Å². The molecule has 3 aromatic rings. The summed E-state index contributed by atoms with van der Waals surface area (Å²) in [6.07, 6.45) is 1.41. The monoisotopic (exact) mass is 481 g/mol. The predicted octanol–water partition coefficient (Wildman–Crippen LogP) is 4.94. The average Bonchev–Trinajstić information content (AvgIpc) is 2.80. The van der Waals surface area contributed by atoms with Crippen LogP contribution in [-0.4, -0.2) is 29.6 Å². The van der Waals surface area contributed by atoms with Crippen molar-refractivity contribution in [1.29, 1.82) is 0 Å². The van der Waals surface area contributed by atoms with Crippen LogP contribution in [0, 0.1) is 17.0 Å². The maximum Gasteiger partial charge on any atom is 0.343 e. The van der Waals surface area contributed by atoms with Gasteiger partial charge in [-0.1, -0.05) is 17.7 Å². The maximum absolute atomic E-state index is 12.4. The van der Waals surface area contributed by atoms with E-state index in [9.17, 15) is 19.7 Å². The number of nitrogens with zero attached hydrogens (tertiary/aromatic N) is 2. The summed E-state index contributed by atoms with van der Waals surface area (Å²) >= 11 is 6.10. The normalized spacial score (nSPS) is 10.7. The van der Waals surface area contributed by atoms with Crippen molar-refractivity contribution < 1.29 is 24.0 Å². The number of hydrogen-bond acceptors (Lipinski definition) is 7. The van der Waals surface area contributed by atoms with Crippen LogP contribution in [0.25, 0.3) is 0 Å². The number of nitro benzene ring substituents is 1. The van der Waals surface area contributed by atoms with Crippen molar-refractivity contribution in [1.82, 2.24) is 5.43 Å². The van der Waals surface area contributed by atoms with Crippen LogP contribution in [0.5, 0.6) is 11.5 Å². The van der Waals surface area contributed by atoms with Crippen molar-refractivity contribution >= 4 is 35.4 Å². The number of hydrazone groups is 1. The number of benzene rings is 3. The molecule has 0 spiro atoms. The van der Waals surface area contributed by atoms with E-state index < -0.39 is 16.8 Å². The molecule has 10 heteroatoms. The van der Waals surface area contributed by atoms with E-state index in [-0.39, 0.29) is 22.7 Å². The summed E-state index contributed by atoms with van der Waals surface area (Å²) in [4.78, 5) is 34.9. The van der Waals surface area contributed by atoms with Crippen LogP contribution in [0.3, 0.4) is 0 Å². The number of halogens is 1. The first kappa shape index (κ1) is 24.4. The van der Waals surface area contributed by atoms with Crippen LogP contribution in [0.2, 0.25) is 5.02 Å². The number of nitro groups is 1. The Bertz CT molecular complexity index is 1260. The minimum absolute atomic E-state index is 0.132. The van der Waals surface area contributed by atoms with E-state index in [4.69, 9.17) is 21.1 Å². The lowest BCUT2D eigenvalue weighted by molar-refractivity contribution is -0.384. The minimum atomic E-state index is -0.695. The molecule has 174 valence electrons. The number of rotatable bonds is 8. The first-order valence-corrected chi connectivity index (χ1v) is 10.5. The highest BCUT2D eigenvalue weighted by molar-refractivity contribution is 6.33. The lowest BCUT2D eigenvalue weighted by atomic mass is 10.1. The topological polar surface area (TPSA) is 120 Å². The lowest BCUT2D eigenvalue weighted by Gasteiger charge is -2.11. The molecule has 0 unspecified atom stereocenters. The van der Waals surface area contributed by atoms with Crippen LogP contribution in [-0.2, 0) is 0 Å². The minimum Gasteiger partial charge on any atom is -0.490 e. The fourth-order valence-electron chi connectivity index (χ4n) is 2.87. The van der Waals surface area contributed by atoms with Crippen molar-refractivity contribution in [3.8, 4) is 11.5 Å². The first-order chi connectivity index (χ1) is 16.3. The average molecular weight is 482 g/mol. The van der Waals surface area contributed by atoms with E-state index in [0.717, 1.165) is 5.56 Å². The zero-order chi connectivity index (χ0) is 24.7. The molecule has 0 saturated heterocycles. The van der Waals surface area contributed by atoms with Crippen molar-refractivity contribution in [2.75, 3.05) is 6.61 Å². The van der Waals surface area contributed by atoms with E-state index in [1.807, 2.05) is 6.92 Å². The van der Waals surface area contributed by atoms with Gasteiger partial charge in [-0.3, -0.25) is 14.9 Å². The summed E-state index contributed by atoms with van der Waals surface area (Å²) in [7, 11) is 0. The van der Waals surface area contributed by atoms with Gasteiger partial charge in [-0.2, -0.15) is 5.10 Å². The van der Waals surface area contributed by atoms with E-state index in [1.54, 1.807) is 37.3 Å². The zero-order valence-corrected chi connectivity index (χ0v) is 19.0. The second kappa shape index (κ2) is 11.1. The van der Waals surface area contributed by atoms with Gasteiger partial charge in [0.25, 0.3) is 11.6 Å². The molecule has 0 aliphatic carbocycles. The first-order valence-electron chi connectivity index (χ1n) is 10.1. The highest BCUT2D eigenvalue weighted by Gasteiger charge is 2.15. The number of ether oxygens (including phenoxy) is 2. The summed E-state index contributed by atoms with van der Waals surface area (Å²) < 4.78 is 11.0. The Morgan fingerprint density at radius 2 is 1.82 bits per heavy atom. The molecule has 0 radical (unpaired) electrons. The van der Waals surface area contributed by atoms with Crippen molar-refractivity contribution in [2.45, 2.75) is 13.8 Å².